The summed E-state index contributed by atoms with van der Waals surface area (Å²) in [5.74, 6) is 0. The summed E-state index contributed by atoms with van der Waals surface area (Å²) in [6.07, 6.45) is 8.59. The van der Waals surface area contributed by atoms with Crippen molar-refractivity contribution in [1.29, 1.82) is 0 Å². The highest BCUT2D eigenvalue weighted by molar-refractivity contribution is 8.03. The highest BCUT2D eigenvalue weighted by Crippen LogP contribution is 2.45. The summed E-state index contributed by atoms with van der Waals surface area (Å²) in [7, 11) is 0. The number of aliphatic hydroxyl groups is 1. The first-order valence-electron chi connectivity index (χ1n) is 10.8. The van der Waals surface area contributed by atoms with Crippen LogP contribution in [0.25, 0.3) is 17.0 Å². The van der Waals surface area contributed by atoms with E-state index in [1.165, 1.54) is 32.6 Å². The number of para-hydroxylation sites is 2. The summed E-state index contributed by atoms with van der Waals surface area (Å²) >= 11 is 1.75. The number of hydrogen-bond acceptors (Lipinski definition) is 3. The van der Waals surface area contributed by atoms with E-state index < -0.39 is 0 Å². The minimum Gasteiger partial charge on any atom is -0.395 e. The summed E-state index contributed by atoms with van der Waals surface area (Å²) in [5.41, 5.74) is 4.86. The second kappa shape index (κ2) is 9.43. The first-order valence-corrected chi connectivity index (χ1v) is 11.6. The fraction of sp³-hybridized carbons (Fsp3) is 0.107. The molecular weight excluding hydrogens is 412 g/mol. The Morgan fingerprint density at radius 3 is 2.53 bits per heavy atom. The van der Waals surface area contributed by atoms with Gasteiger partial charge in [0.05, 0.1) is 22.7 Å². The average Bonchev–Trinajstić information content (AvgIpc) is 3.19. The van der Waals surface area contributed by atoms with Crippen molar-refractivity contribution in [2.24, 2.45) is 0 Å². The van der Waals surface area contributed by atoms with Gasteiger partial charge in [0.1, 0.15) is 0 Å². The van der Waals surface area contributed by atoms with Crippen molar-refractivity contribution in [2.45, 2.75) is 11.4 Å². The zero-order valence-corrected chi connectivity index (χ0v) is 18.6. The van der Waals surface area contributed by atoms with E-state index in [0.717, 1.165) is 11.6 Å². The maximum absolute atomic E-state index is 9.53. The predicted octanol–water partition coefficient (Wildman–Crippen LogP) is 5.63. The monoisotopic (exact) mass is 437 g/mol. The fourth-order valence-corrected chi connectivity index (χ4v) is 5.21. The maximum Gasteiger partial charge on any atom is 0.213 e. The number of nitrogens with zero attached hydrogens (tertiary/aromatic N) is 2. The smallest absolute Gasteiger partial charge is 0.213 e. The quantitative estimate of drug-likeness (QED) is 0.396. The van der Waals surface area contributed by atoms with Gasteiger partial charge in [-0.2, -0.15) is 4.57 Å². The molecule has 3 aromatic carbocycles. The van der Waals surface area contributed by atoms with Crippen LogP contribution in [0, 0.1) is 0 Å². The maximum atomic E-state index is 9.53. The van der Waals surface area contributed by atoms with E-state index in [0.29, 0.717) is 6.54 Å². The SMILES string of the molecule is OCCN1/C(=C\C=C\c2cc[n+](Cc3ccccc3)c3ccccc23)Sc2ccccc21. The van der Waals surface area contributed by atoms with Gasteiger partial charge in [-0.15, -0.1) is 0 Å². The van der Waals surface area contributed by atoms with Gasteiger partial charge in [-0.3, -0.25) is 0 Å². The number of aliphatic hydroxyl groups excluding tert-OH is 1. The predicted molar refractivity (Wildman–Crippen MR) is 134 cm³/mol. The standard InChI is InChI=1S/C28H25N2OS/c31-20-19-30-26-14-6-7-15-27(26)32-28(30)16-8-11-23-17-18-29(21-22-9-2-1-3-10-22)25-13-5-4-12-24(23)25/h1-18,31H,19-21H2/q+1. The zero-order chi connectivity index (χ0) is 21.8. The van der Waals surface area contributed by atoms with E-state index in [-0.39, 0.29) is 6.61 Å². The molecule has 1 aliphatic rings. The number of pyridine rings is 1. The molecule has 0 aliphatic carbocycles. The Morgan fingerprint density at radius 2 is 1.66 bits per heavy atom. The Kier molecular flexibility index (Phi) is 6.06. The summed E-state index contributed by atoms with van der Waals surface area (Å²) in [4.78, 5) is 3.41. The Bertz CT molecular complexity index is 1300. The van der Waals surface area contributed by atoms with E-state index in [1.54, 1.807) is 11.8 Å². The van der Waals surface area contributed by atoms with Crippen LogP contribution in [0.4, 0.5) is 5.69 Å². The van der Waals surface area contributed by atoms with E-state index in [4.69, 9.17) is 0 Å². The molecule has 3 nitrogen and oxygen atoms in total. The van der Waals surface area contributed by atoms with E-state index in [2.05, 4.69) is 113 Å². The molecule has 1 aliphatic heterocycles. The van der Waals surface area contributed by atoms with Gasteiger partial charge in [0, 0.05) is 29.1 Å². The van der Waals surface area contributed by atoms with Gasteiger partial charge in [-0.05, 0) is 29.8 Å². The Balaban J connectivity index is 1.44. The highest BCUT2D eigenvalue weighted by atomic mass is 32.2. The van der Waals surface area contributed by atoms with Crippen LogP contribution in [0.2, 0.25) is 0 Å². The molecule has 4 aromatic rings. The van der Waals surface area contributed by atoms with Gasteiger partial charge >= 0.3 is 0 Å². The molecule has 0 spiro atoms. The lowest BCUT2D eigenvalue weighted by atomic mass is 10.1. The third kappa shape index (κ3) is 4.20. The molecule has 4 heteroatoms. The number of aromatic nitrogens is 1. The minimum absolute atomic E-state index is 0.126. The van der Waals surface area contributed by atoms with Gasteiger partial charge in [-0.25, -0.2) is 0 Å². The van der Waals surface area contributed by atoms with Crippen LogP contribution >= 0.6 is 11.8 Å². The molecule has 158 valence electrons. The molecule has 0 bridgehead atoms. The first kappa shape index (κ1) is 20.6. The van der Waals surface area contributed by atoms with Gasteiger partial charge in [0.25, 0.3) is 0 Å². The van der Waals surface area contributed by atoms with Gasteiger partial charge in [-0.1, -0.05) is 78.5 Å². The average molecular weight is 438 g/mol. The van der Waals surface area contributed by atoms with Crippen LogP contribution < -0.4 is 9.47 Å². The van der Waals surface area contributed by atoms with Crippen LogP contribution in [-0.4, -0.2) is 18.3 Å². The van der Waals surface area contributed by atoms with Gasteiger partial charge in [0.15, 0.2) is 12.7 Å². The summed E-state index contributed by atoms with van der Waals surface area (Å²) < 4.78 is 2.30. The van der Waals surface area contributed by atoms with E-state index in [1.807, 2.05) is 6.07 Å². The van der Waals surface area contributed by atoms with Crippen molar-refractivity contribution in [3.63, 3.8) is 0 Å². The van der Waals surface area contributed by atoms with Crippen LogP contribution in [0.15, 0.2) is 113 Å². The zero-order valence-electron chi connectivity index (χ0n) is 17.8. The van der Waals surface area contributed by atoms with Crippen LogP contribution in [0.3, 0.4) is 0 Å². The largest absolute Gasteiger partial charge is 0.395 e. The number of rotatable bonds is 6. The number of anilines is 1. The number of fused-ring (bicyclic) bond motifs is 2. The number of benzene rings is 3. The Labute approximate surface area is 193 Å². The summed E-state index contributed by atoms with van der Waals surface area (Å²) in [6.45, 7) is 1.57. The Hall–Kier alpha value is -3.34. The van der Waals surface area contributed by atoms with Gasteiger partial charge in [0.2, 0.25) is 5.52 Å². The fourth-order valence-electron chi connectivity index (χ4n) is 4.11. The van der Waals surface area contributed by atoms with Crippen LogP contribution in [-0.2, 0) is 6.54 Å². The molecule has 0 radical (unpaired) electrons. The molecule has 0 saturated heterocycles. The number of allylic oxidation sites excluding steroid dienone is 2. The normalized spacial score (nSPS) is 14.5. The number of hydrogen-bond donors (Lipinski definition) is 1. The summed E-state index contributed by atoms with van der Waals surface area (Å²) in [6, 6.07) is 29.6. The molecule has 0 unspecified atom stereocenters. The second-order valence-electron chi connectivity index (χ2n) is 7.71. The third-order valence-corrected chi connectivity index (χ3v) is 6.76. The second-order valence-corrected chi connectivity index (χ2v) is 8.77. The third-order valence-electron chi connectivity index (χ3n) is 5.63. The Morgan fingerprint density at radius 1 is 0.875 bits per heavy atom. The molecule has 0 amide bonds. The van der Waals surface area contributed by atoms with Crippen LogP contribution in [0.5, 0.6) is 0 Å². The molecular formula is C28H25N2OS+. The molecule has 5 rings (SSSR count). The minimum atomic E-state index is 0.126. The summed E-state index contributed by atoms with van der Waals surface area (Å²) in [5, 5.41) is 11.9. The first-order chi connectivity index (χ1) is 15.8. The van der Waals surface area contributed by atoms with E-state index in [9.17, 15) is 5.11 Å². The lowest BCUT2D eigenvalue weighted by Gasteiger charge is -2.18. The number of thioether (sulfide) groups is 1. The van der Waals surface area contributed by atoms with E-state index >= 15 is 0 Å². The van der Waals surface area contributed by atoms with Crippen molar-refractivity contribution in [2.75, 3.05) is 18.1 Å². The molecule has 2 heterocycles. The molecule has 1 N–H and O–H groups in total. The van der Waals surface area contributed by atoms with Crippen molar-refractivity contribution >= 4 is 34.4 Å². The van der Waals surface area contributed by atoms with Crippen molar-refractivity contribution in [1.82, 2.24) is 0 Å². The topological polar surface area (TPSA) is 27.3 Å². The molecule has 0 atom stereocenters. The molecule has 0 fully saturated rings. The lowest BCUT2D eigenvalue weighted by Crippen LogP contribution is -2.34. The molecule has 1 aromatic heterocycles. The van der Waals surface area contributed by atoms with Crippen LogP contribution in [0.1, 0.15) is 11.1 Å². The molecule has 0 saturated carbocycles. The molecule has 32 heavy (non-hydrogen) atoms. The van der Waals surface area contributed by atoms with Gasteiger partial charge < -0.3 is 10.0 Å². The highest BCUT2D eigenvalue weighted by Gasteiger charge is 2.23. The number of β-amino-alcohol motifs (C(OH)–C–C–N with tert-alkyl or cyclic N) is 1. The van der Waals surface area contributed by atoms with Crippen molar-refractivity contribution < 1.29 is 9.67 Å². The van der Waals surface area contributed by atoms with Crippen molar-refractivity contribution in [3.8, 4) is 0 Å². The lowest BCUT2D eigenvalue weighted by molar-refractivity contribution is -0.662. The van der Waals surface area contributed by atoms with Crippen molar-refractivity contribution in [3.05, 3.63) is 119 Å².